The number of carbonyl (C=O) groups is 2. The van der Waals surface area contributed by atoms with Gasteiger partial charge in [0, 0.05) is 27.2 Å². The van der Waals surface area contributed by atoms with Crippen molar-refractivity contribution in [1.82, 2.24) is 10.6 Å². The van der Waals surface area contributed by atoms with Gasteiger partial charge in [-0.1, -0.05) is 0 Å². The summed E-state index contributed by atoms with van der Waals surface area (Å²) in [5.74, 6) is -1.09. The lowest BCUT2D eigenvalue weighted by atomic mass is 10.1. The van der Waals surface area contributed by atoms with Crippen molar-refractivity contribution < 1.29 is 24.2 Å². The molecule has 0 spiro atoms. The van der Waals surface area contributed by atoms with E-state index in [1.54, 1.807) is 13.8 Å². The molecule has 0 aliphatic carbocycles. The molecule has 0 aliphatic heterocycles. The highest BCUT2D eigenvalue weighted by Gasteiger charge is 2.24. The van der Waals surface area contributed by atoms with Crippen LogP contribution in [0.4, 0.5) is 4.79 Å². The van der Waals surface area contributed by atoms with Crippen LogP contribution in [0.25, 0.3) is 0 Å². The Balaban J connectivity index is 4.29. The zero-order valence-electron chi connectivity index (χ0n) is 11.3. The van der Waals surface area contributed by atoms with Gasteiger partial charge in [0.25, 0.3) is 0 Å². The molecule has 1 atom stereocenters. The third-order valence-corrected chi connectivity index (χ3v) is 2.17. The molecule has 0 saturated heterocycles. The number of urea groups is 1. The summed E-state index contributed by atoms with van der Waals surface area (Å²) in [6.07, 6.45) is 0.212. The van der Waals surface area contributed by atoms with Gasteiger partial charge in [0.15, 0.2) is 0 Å². The Morgan fingerprint density at radius 1 is 1.28 bits per heavy atom. The Labute approximate surface area is 107 Å². The molecule has 0 saturated carbocycles. The van der Waals surface area contributed by atoms with Crippen molar-refractivity contribution in [3.05, 3.63) is 0 Å². The Kier molecular flexibility index (Phi) is 7.30. The summed E-state index contributed by atoms with van der Waals surface area (Å²) in [4.78, 5) is 22.5. The highest BCUT2D eigenvalue weighted by molar-refractivity contribution is 5.82. The number of carboxylic acids is 1. The molecule has 3 N–H and O–H groups in total. The van der Waals surface area contributed by atoms with Crippen molar-refractivity contribution in [2.75, 3.05) is 27.4 Å². The first-order chi connectivity index (χ1) is 8.32. The van der Waals surface area contributed by atoms with E-state index in [-0.39, 0.29) is 13.0 Å². The number of ether oxygens (including phenoxy) is 2. The minimum absolute atomic E-state index is 0.212. The molecule has 0 aromatic carbocycles. The molecule has 2 amide bonds. The van der Waals surface area contributed by atoms with E-state index < -0.39 is 23.6 Å². The molecule has 0 radical (unpaired) electrons. The normalized spacial score (nSPS) is 12.9. The number of carbonyl (C=O) groups excluding carboxylic acids is 1. The van der Waals surface area contributed by atoms with Crippen molar-refractivity contribution in [2.45, 2.75) is 31.8 Å². The minimum Gasteiger partial charge on any atom is -0.480 e. The van der Waals surface area contributed by atoms with Crippen LogP contribution < -0.4 is 10.6 Å². The number of aliphatic carboxylic acids is 1. The molecule has 0 aromatic heterocycles. The van der Waals surface area contributed by atoms with Gasteiger partial charge in [0.1, 0.15) is 6.04 Å². The van der Waals surface area contributed by atoms with Gasteiger partial charge < -0.3 is 25.2 Å². The summed E-state index contributed by atoms with van der Waals surface area (Å²) >= 11 is 0. The molecule has 1 unspecified atom stereocenters. The summed E-state index contributed by atoms with van der Waals surface area (Å²) < 4.78 is 9.73. The van der Waals surface area contributed by atoms with Crippen molar-refractivity contribution in [1.29, 1.82) is 0 Å². The van der Waals surface area contributed by atoms with E-state index in [9.17, 15) is 9.59 Å². The van der Waals surface area contributed by atoms with Gasteiger partial charge in [0.2, 0.25) is 0 Å². The predicted molar refractivity (Wildman–Crippen MR) is 65.5 cm³/mol. The van der Waals surface area contributed by atoms with Crippen LogP contribution >= 0.6 is 0 Å². The first kappa shape index (κ1) is 16.7. The summed E-state index contributed by atoms with van der Waals surface area (Å²) in [5.41, 5.74) is -0.566. The molecule has 0 aliphatic rings. The summed E-state index contributed by atoms with van der Waals surface area (Å²) in [6, 6.07) is -1.51. The standard InChI is InChI=1S/C11H22N2O5/c1-11(2,7-18-4)13-10(16)12-8(9(14)15)5-6-17-3/h8H,5-7H2,1-4H3,(H,14,15)(H2,12,13,16). The molecular weight excluding hydrogens is 240 g/mol. The van der Waals surface area contributed by atoms with Crippen LogP contribution in [0.2, 0.25) is 0 Å². The molecule has 0 aromatic rings. The van der Waals surface area contributed by atoms with Gasteiger partial charge in [-0.2, -0.15) is 0 Å². The molecule has 0 fully saturated rings. The number of carboxylic acid groups (broad SMARTS) is 1. The van der Waals surface area contributed by atoms with Gasteiger partial charge >= 0.3 is 12.0 Å². The van der Waals surface area contributed by atoms with E-state index in [1.807, 2.05) is 0 Å². The molecule has 0 rings (SSSR count). The van der Waals surface area contributed by atoms with Crippen LogP contribution in [-0.4, -0.2) is 56.1 Å². The first-order valence-electron chi connectivity index (χ1n) is 5.61. The van der Waals surface area contributed by atoms with Crippen LogP contribution in [0.15, 0.2) is 0 Å². The molecule has 7 nitrogen and oxygen atoms in total. The third-order valence-electron chi connectivity index (χ3n) is 2.17. The van der Waals surface area contributed by atoms with Crippen molar-refractivity contribution in [3.63, 3.8) is 0 Å². The van der Waals surface area contributed by atoms with E-state index in [2.05, 4.69) is 10.6 Å². The monoisotopic (exact) mass is 262 g/mol. The molecule has 7 heteroatoms. The third kappa shape index (κ3) is 7.08. The number of rotatable bonds is 8. The van der Waals surface area contributed by atoms with Gasteiger partial charge in [-0.15, -0.1) is 0 Å². The average molecular weight is 262 g/mol. The number of methoxy groups -OCH3 is 2. The van der Waals surface area contributed by atoms with E-state index in [4.69, 9.17) is 14.6 Å². The lowest BCUT2D eigenvalue weighted by molar-refractivity contribution is -0.139. The SMILES string of the molecule is COCCC(NC(=O)NC(C)(C)COC)C(=O)O. The second-order valence-corrected chi connectivity index (χ2v) is 4.59. The summed E-state index contributed by atoms with van der Waals surface area (Å²) in [6.45, 7) is 4.15. The smallest absolute Gasteiger partial charge is 0.326 e. The number of hydrogen-bond donors (Lipinski definition) is 3. The van der Waals surface area contributed by atoms with Gasteiger partial charge in [-0.25, -0.2) is 9.59 Å². The average Bonchev–Trinajstić information content (AvgIpc) is 2.22. The van der Waals surface area contributed by atoms with Crippen LogP contribution in [-0.2, 0) is 14.3 Å². The molecular formula is C11H22N2O5. The number of amides is 2. The highest BCUT2D eigenvalue weighted by Crippen LogP contribution is 2.02. The van der Waals surface area contributed by atoms with Gasteiger partial charge in [-0.3, -0.25) is 0 Å². The zero-order chi connectivity index (χ0) is 14.2. The number of nitrogens with one attached hydrogen (secondary N) is 2. The molecule has 0 heterocycles. The molecule has 18 heavy (non-hydrogen) atoms. The lowest BCUT2D eigenvalue weighted by Gasteiger charge is -2.26. The molecule has 0 bridgehead atoms. The minimum atomic E-state index is -1.09. The van der Waals surface area contributed by atoms with Gasteiger partial charge in [-0.05, 0) is 13.8 Å². The fourth-order valence-corrected chi connectivity index (χ4v) is 1.39. The Morgan fingerprint density at radius 2 is 1.89 bits per heavy atom. The summed E-state index contributed by atoms with van der Waals surface area (Å²) in [5, 5.41) is 13.9. The largest absolute Gasteiger partial charge is 0.480 e. The van der Waals surface area contributed by atoms with E-state index >= 15 is 0 Å². The second kappa shape index (κ2) is 7.88. The van der Waals surface area contributed by atoms with Crippen LogP contribution in [0.3, 0.4) is 0 Å². The maximum Gasteiger partial charge on any atom is 0.326 e. The second-order valence-electron chi connectivity index (χ2n) is 4.59. The van der Waals surface area contributed by atoms with E-state index in [0.29, 0.717) is 6.61 Å². The fraction of sp³-hybridized carbons (Fsp3) is 0.818. The Hall–Kier alpha value is -1.34. The van der Waals surface area contributed by atoms with Crippen molar-refractivity contribution in [2.24, 2.45) is 0 Å². The predicted octanol–water partition coefficient (Wildman–Crippen LogP) is 0.200. The topological polar surface area (TPSA) is 96.9 Å². The Morgan fingerprint density at radius 3 is 2.33 bits per heavy atom. The van der Waals surface area contributed by atoms with Crippen molar-refractivity contribution in [3.8, 4) is 0 Å². The Bertz CT molecular complexity index is 281. The summed E-state index contributed by atoms with van der Waals surface area (Å²) in [7, 11) is 3.00. The highest BCUT2D eigenvalue weighted by atomic mass is 16.5. The zero-order valence-corrected chi connectivity index (χ0v) is 11.3. The maximum atomic E-state index is 11.6. The quantitative estimate of drug-likeness (QED) is 0.580. The van der Waals surface area contributed by atoms with Gasteiger partial charge in [0.05, 0.1) is 12.1 Å². The van der Waals surface area contributed by atoms with Crippen molar-refractivity contribution >= 4 is 12.0 Å². The van der Waals surface area contributed by atoms with E-state index in [0.717, 1.165) is 0 Å². The number of hydrogen-bond acceptors (Lipinski definition) is 4. The van der Waals surface area contributed by atoms with Crippen LogP contribution in [0, 0.1) is 0 Å². The van der Waals surface area contributed by atoms with Crippen LogP contribution in [0.1, 0.15) is 20.3 Å². The van der Waals surface area contributed by atoms with Crippen LogP contribution in [0.5, 0.6) is 0 Å². The fourth-order valence-electron chi connectivity index (χ4n) is 1.39. The lowest BCUT2D eigenvalue weighted by Crippen LogP contribution is -2.54. The first-order valence-corrected chi connectivity index (χ1v) is 5.61. The van der Waals surface area contributed by atoms with E-state index in [1.165, 1.54) is 14.2 Å². The molecule has 106 valence electrons. The maximum absolute atomic E-state index is 11.6.